The molecule has 0 fully saturated rings. The molecule has 2 rings (SSSR count). The van der Waals surface area contributed by atoms with Gasteiger partial charge in [-0.1, -0.05) is 30.3 Å². The van der Waals surface area contributed by atoms with Gasteiger partial charge in [-0.2, -0.15) is 0 Å². The number of pyridine rings is 1. The monoisotopic (exact) mass is 274 g/mol. The van der Waals surface area contributed by atoms with Crippen molar-refractivity contribution < 1.29 is 14.8 Å². The highest BCUT2D eigenvalue weighted by Crippen LogP contribution is 2.25. The molecule has 1 atom stereocenters. The Morgan fingerprint density at radius 2 is 2.00 bits per heavy atom. The molecular weight excluding hydrogens is 260 g/mol. The number of nitro groups is 1. The van der Waals surface area contributed by atoms with Gasteiger partial charge in [-0.05, 0) is 27.6 Å². The molecule has 0 spiro atoms. The van der Waals surface area contributed by atoms with Crippen LogP contribution in [0.5, 0.6) is 5.75 Å². The van der Waals surface area contributed by atoms with Crippen molar-refractivity contribution in [2.24, 2.45) is 0 Å². The maximum Gasteiger partial charge on any atom is 0.406 e. The Morgan fingerprint density at radius 1 is 1.30 bits per heavy atom. The first-order valence-electron chi connectivity index (χ1n) is 6.06. The van der Waals surface area contributed by atoms with E-state index in [1.165, 1.54) is 6.07 Å². The van der Waals surface area contributed by atoms with E-state index in [0.29, 0.717) is 11.3 Å². The number of aliphatic hydroxyl groups excluding tert-OH is 1. The molecule has 6 heteroatoms. The Kier molecular flexibility index (Phi) is 4.27. The zero-order valence-electron chi connectivity index (χ0n) is 10.9. The lowest BCUT2D eigenvalue weighted by molar-refractivity contribution is -0.390. The van der Waals surface area contributed by atoms with Crippen molar-refractivity contribution in [2.75, 3.05) is 6.61 Å². The van der Waals surface area contributed by atoms with Gasteiger partial charge in [0.2, 0.25) is 5.75 Å². The molecule has 104 valence electrons. The van der Waals surface area contributed by atoms with Crippen molar-refractivity contribution in [2.45, 2.75) is 13.0 Å². The minimum Gasteiger partial charge on any atom is -0.483 e. The predicted molar refractivity (Wildman–Crippen MR) is 72.5 cm³/mol. The first-order chi connectivity index (χ1) is 9.58. The molecule has 1 N–H and O–H groups in total. The molecule has 0 amide bonds. The summed E-state index contributed by atoms with van der Waals surface area (Å²) in [4.78, 5) is 14.1. The van der Waals surface area contributed by atoms with Crippen LogP contribution in [0.1, 0.15) is 17.4 Å². The van der Waals surface area contributed by atoms with E-state index >= 15 is 0 Å². The zero-order valence-corrected chi connectivity index (χ0v) is 10.9. The second kappa shape index (κ2) is 6.12. The Hall–Kier alpha value is -2.47. The molecule has 1 heterocycles. The summed E-state index contributed by atoms with van der Waals surface area (Å²) >= 11 is 0. The minimum atomic E-state index is -0.850. The lowest BCUT2D eigenvalue weighted by atomic mass is 10.1. The van der Waals surface area contributed by atoms with E-state index in [-0.39, 0.29) is 18.2 Å². The van der Waals surface area contributed by atoms with Gasteiger partial charge in [0, 0.05) is 6.92 Å². The molecule has 6 nitrogen and oxygen atoms in total. The maximum absolute atomic E-state index is 10.9. The summed E-state index contributed by atoms with van der Waals surface area (Å²) in [5.74, 6) is -0.291. The molecule has 1 aromatic carbocycles. The fourth-order valence-corrected chi connectivity index (χ4v) is 1.71. The fraction of sp³-hybridized carbons (Fsp3) is 0.214. The second-order valence-electron chi connectivity index (χ2n) is 4.27. The molecule has 0 saturated heterocycles. The zero-order chi connectivity index (χ0) is 14.5. The highest BCUT2D eigenvalue weighted by molar-refractivity contribution is 5.40. The van der Waals surface area contributed by atoms with Gasteiger partial charge in [0.15, 0.2) is 0 Å². The maximum atomic E-state index is 10.9. The summed E-state index contributed by atoms with van der Waals surface area (Å²) in [6.07, 6.45) is -0.850. The quantitative estimate of drug-likeness (QED) is 0.668. The van der Waals surface area contributed by atoms with Crippen molar-refractivity contribution in [3.63, 3.8) is 0 Å². The van der Waals surface area contributed by atoms with Crippen molar-refractivity contribution in [3.05, 3.63) is 63.8 Å². The summed E-state index contributed by atoms with van der Waals surface area (Å²) in [6.45, 7) is 1.59. The number of hydrogen-bond donors (Lipinski definition) is 1. The van der Waals surface area contributed by atoms with Gasteiger partial charge in [-0.15, -0.1) is 0 Å². The van der Waals surface area contributed by atoms with Crippen molar-refractivity contribution in [1.29, 1.82) is 0 Å². The molecule has 0 aliphatic heterocycles. The first-order valence-corrected chi connectivity index (χ1v) is 6.06. The number of nitrogens with zero attached hydrogens (tertiary/aromatic N) is 2. The van der Waals surface area contributed by atoms with Crippen LogP contribution in [0.25, 0.3) is 0 Å². The Morgan fingerprint density at radius 3 is 2.65 bits per heavy atom. The lowest BCUT2D eigenvalue weighted by Crippen LogP contribution is -2.11. The smallest absolute Gasteiger partial charge is 0.406 e. The average Bonchev–Trinajstić information content (AvgIpc) is 2.46. The SMILES string of the molecule is Cc1ccc(OCC(O)c2ccccc2)c([N+](=O)[O-])n1. The van der Waals surface area contributed by atoms with Crippen LogP contribution >= 0.6 is 0 Å². The highest BCUT2D eigenvalue weighted by atomic mass is 16.6. The van der Waals surface area contributed by atoms with Gasteiger partial charge in [-0.3, -0.25) is 0 Å². The third-order valence-corrected chi connectivity index (χ3v) is 2.73. The van der Waals surface area contributed by atoms with E-state index in [1.807, 2.05) is 6.07 Å². The molecule has 0 radical (unpaired) electrons. The number of aliphatic hydroxyl groups is 1. The van der Waals surface area contributed by atoms with Crippen LogP contribution in [0.3, 0.4) is 0 Å². The summed E-state index contributed by atoms with van der Waals surface area (Å²) in [6, 6.07) is 12.1. The summed E-state index contributed by atoms with van der Waals surface area (Å²) in [5.41, 5.74) is 1.22. The van der Waals surface area contributed by atoms with Crippen LogP contribution in [0, 0.1) is 17.0 Å². The second-order valence-corrected chi connectivity index (χ2v) is 4.27. The lowest BCUT2D eigenvalue weighted by Gasteiger charge is -2.12. The summed E-state index contributed by atoms with van der Waals surface area (Å²) < 4.78 is 5.32. The molecule has 2 aromatic rings. The molecule has 0 aliphatic rings. The molecule has 20 heavy (non-hydrogen) atoms. The molecular formula is C14H14N2O4. The van der Waals surface area contributed by atoms with Gasteiger partial charge >= 0.3 is 5.82 Å². The Bertz CT molecular complexity index is 601. The molecule has 0 saturated carbocycles. The van der Waals surface area contributed by atoms with Crippen LogP contribution in [0.2, 0.25) is 0 Å². The van der Waals surface area contributed by atoms with Crippen molar-refractivity contribution in [3.8, 4) is 5.75 Å². The van der Waals surface area contributed by atoms with Crippen molar-refractivity contribution in [1.82, 2.24) is 4.98 Å². The molecule has 0 bridgehead atoms. The van der Waals surface area contributed by atoms with E-state index in [4.69, 9.17) is 4.74 Å². The van der Waals surface area contributed by atoms with Gasteiger partial charge < -0.3 is 20.0 Å². The van der Waals surface area contributed by atoms with Gasteiger partial charge in [0.1, 0.15) is 18.4 Å². The predicted octanol–water partition coefficient (Wildman–Crippen LogP) is 2.41. The summed E-state index contributed by atoms with van der Waals surface area (Å²) in [5, 5.41) is 20.8. The van der Waals surface area contributed by atoms with E-state index in [2.05, 4.69) is 4.98 Å². The Balaban J connectivity index is 2.09. The first kappa shape index (κ1) is 14.0. The van der Waals surface area contributed by atoms with Crippen LogP contribution < -0.4 is 4.74 Å². The number of ether oxygens (including phenoxy) is 1. The number of aryl methyl sites for hydroxylation is 1. The number of aromatic nitrogens is 1. The highest BCUT2D eigenvalue weighted by Gasteiger charge is 2.19. The topological polar surface area (TPSA) is 85.5 Å². The average molecular weight is 274 g/mol. The molecule has 0 aliphatic carbocycles. The summed E-state index contributed by atoms with van der Waals surface area (Å²) in [7, 11) is 0. The van der Waals surface area contributed by atoms with E-state index in [0.717, 1.165) is 0 Å². The largest absolute Gasteiger partial charge is 0.483 e. The van der Waals surface area contributed by atoms with Gasteiger partial charge in [-0.25, -0.2) is 0 Å². The van der Waals surface area contributed by atoms with Crippen LogP contribution in [0.4, 0.5) is 5.82 Å². The van der Waals surface area contributed by atoms with Gasteiger partial charge in [0.25, 0.3) is 0 Å². The minimum absolute atomic E-state index is 0.0515. The molecule has 1 unspecified atom stereocenters. The molecule has 1 aromatic heterocycles. The van der Waals surface area contributed by atoms with Crippen LogP contribution in [0.15, 0.2) is 42.5 Å². The number of rotatable bonds is 5. The fourth-order valence-electron chi connectivity index (χ4n) is 1.71. The van der Waals surface area contributed by atoms with Crippen LogP contribution in [-0.2, 0) is 0 Å². The standard InChI is InChI=1S/C14H14N2O4/c1-10-7-8-13(14(15-10)16(18)19)20-9-12(17)11-5-3-2-4-6-11/h2-8,12,17H,9H2,1H3. The number of hydrogen-bond acceptors (Lipinski definition) is 5. The van der Waals surface area contributed by atoms with Crippen LogP contribution in [-0.4, -0.2) is 21.6 Å². The Labute approximate surface area is 115 Å². The van der Waals surface area contributed by atoms with E-state index in [9.17, 15) is 15.2 Å². The number of benzene rings is 1. The van der Waals surface area contributed by atoms with E-state index < -0.39 is 11.0 Å². The normalized spacial score (nSPS) is 11.9. The third kappa shape index (κ3) is 3.30. The van der Waals surface area contributed by atoms with Gasteiger partial charge in [0.05, 0.1) is 0 Å². The van der Waals surface area contributed by atoms with Crippen molar-refractivity contribution >= 4 is 5.82 Å². The third-order valence-electron chi connectivity index (χ3n) is 2.73. The van der Waals surface area contributed by atoms with E-state index in [1.54, 1.807) is 37.3 Å².